The number of carboxylic acid groups (broad SMARTS) is 1. The monoisotopic (exact) mass is 214 g/mol. The van der Waals surface area contributed by atoms with E-state index in [4.69, 9.17) is 9.84 Å². The van der Waals surface area contributed by atoms with E-state index in [0.717, 1.165) is 25.7 Å². The Morgan fingerprint density at radius 2 is 2.07 bits per heavy atom. The molecule has 0 radical (unpaired) electrons. The molecule has 0 saturated heterocycles. The zero-order valence-corrected chi connectivity index (χ0v) is 9.58. The summed E-state index contributed by atoms with van der Waals surface area (Å²) in [5, 5.41) is 9.01. The van der Waals surface area contributed by atoms with Crippen LogP contribution in [0, 0.1) is 0 Å². The van der Waals surface area contributed by atoms with Gasteiger partial charge in [-0.15, -0.1) is 0 Å². The van der Waals surface area contributed by atoms with E-state index < -0.39 is 12.1 Å². The highest BCUT2D eigenvalue weighted by Gasteiger charge is 2.23. The molecule has 0 aromatic carbocycles. The normalized spacial score (nSPS) is 20.1. The van der Waals surface area contributed by atoms with Gasteiger partial charge in [-0.2, -0.15) is 0 Å². The first-order valence-corrected chi connectivity index (χ1v) is 6.12. The molecule has 1 fully saturated rings. The fourth-order valence-corrected chi connectivity index (χ4v) is 2.07. The summed E-state index contributed by atoms with van der Waals surface area (Å²) in [5.74, 6) is -0.797. The second kappa shape index (κ2) is 6.83. The lowest BCUT2D eigenvalue weighted by Gasteiger charge is -2.25. The van der Waals surface area contributed by atoms with Gasteiger partial charge in [-0.05, 0) is 19.3 Å². The lowest BCUT2D eigenvalue weighted by atomic mass is 9.97. The Morgan fingerprint density at radius 3 is 2.60 bits per heavy atom. The van der Waals surface area contributed by atoms with Crippen molar-refractivity contribution in [2.45, 2.75) is 70.5 Å². The van der Waals surface area contributed by atoms with Crippen LogP contribution in [-0.2, 0) is 9.53 Å². The Kier molecular flexibility index (Phi) is 5.69. The molecule has 3 heteroatoms. The lowest BCUT2D eigenvalue weighted by molar-refractivity contribution is -0.156. The van der Waals surface area contributed by atoms with Crippen LogP contribution in [0.25, 0.3) is 0 Å². The molecule has 1 N–H and O–H groups in total. The number of carboxylic acids is 1. The van der Waals surface area contributed by atoms with Crippen LogP contribution in [0.1, 0.15) is 58.3 Å². The van der Waals surface area contributed by atoms with Gasteiger partial charge >= 0.3 is 5.97 Å². The van der Waals surface area contributed by atoms with E-state index in [0.29, 0.717) is 6.42 Å². The summed E-state index contributed by atoms with van der Waals surface area (Å²) in [6, 6.07) is 0. The van der Waals surface area contributed by atoms with Crippen LogP contribution in [0.4, 0.5) is 0 Å². The highest BCUT2D eigenvalue weighted by Crippen LogP contribution is 2.22. The zero-order chi connectivity index (χ0) is 11.1. The number of rotatable bonds is 6. The molecular weight excluding hydrogens is 192 g/mol. The zero-order valence-electron chi connectivity index (χ0n) is 9.58. The topological polar surface area (TPSA) is 46.5 Å². The van der Waals surface area contributed by atoms with Crippen molar-refractivity contribution in [3.63, 3.8) is 0 Å². The Bertz CT molecular complexity index is 185. The molecule has 0 amide bonds. The summed E-state index contributed by atoms with van der Waals surface area (Å²) in [7, 11) is 0. The minimum absolute atomic E-state index is 0.191. The number of hydrogen-bond acceptors (Lipinski definition) is 2. The highest BCUT2D eigenvalue weighted by atomic mass is 16.5. The molecule has 15 heavy (non-hydrogen) atoms. The van der Waals surface area contributed by atoms with Crippen molar-refractivity contribution in [2.24, 2.45) is 0 Å². The molecule has 0 bridgehead atoms. The Hall–Kier alpha value is -0.570. The van der Waals surface area contributed by atoms with Crippen molar-refractivity contribution in [1.82, 2.24) is 0 Å². The van der Waals surface area contributed by atoms with Crippen LogP contribution in [0.5, 0.6) is 0 Å². The standard InChI is InChI=1S/C12H22O3/c1-2-3-9-11(12(13)14)15-10-7-5-4-6-8-10/h10-11H,2-9H2,1H3,(H,13,14). The van der Waals surface area contributed by atoms with Gasteiger partial charge in [-0.3, -0.25) is 0 Å². The lowest BCUT2D eigenvalue weighted by Crippen LogP contribution is -2.30. The summed E-state index contributed by atoms with van der Waals surface area (Å²) in [6.07, 6.45) is 7.95. The molecule has 0 aliphatic heterocycles. The predicted molar refractivity (Wildman–Crippen MR) is 58.9 cm³/mol. The van der Waals surface area contributed by atoms with Gasteiger partial charge in [0.2, 0.25) is 0 Å². The van der Waals surface area contributed by atoms with Crippen LogP contribution >= 0.6 is 0 Å². The summed E-state index contributed by atoms with van der Waals surface area (Å²) in [4.78, 5) is 11.0. The quantitative estimate of drug-likeness (QED) is 0.739. The van der Waals surface area contributed by atoms with E-state index in [1.807, 2.05) is 0 Å². The van der Waals surface area contributed by atoms with Crippen molar-refractivity contribution < 1.29 is 14.6 Å². The molecule has 1 aliphatic rings. The summed E-state index contributed by atoms with van der Waals surface area (Å²) < 4.78 is 5.66. The molecule has 1 rings (SSSR count). The largest absolute Gasteiger partial charge is 0.479 e. The van der Waals surface area contributed by atoms with E-state index in [1.54, 1.807) is 0 Å². The molecule has 0 heterocycles. The van der Waals surface area contributed by atoms with Gasteiger partial charge in [0.15, 0.2) is 6.10 Å². The first kappa shape index (κ1) is 12.5. The molecule has 0 spiro atoms. The van der Waals surface area contributed by atoms with Crippen LogP contribution < -0.4 is 0 Å². The van der Waals surface area contributed by atoms with Crippen LogP contribution in [0.2, 0.25) is 0 Å². The number of aliphatic carboxylic acids is 1. The maximum Gasteiger partial charge on any atom is 0.332 e. The van der Waals surface area contributed by atoms with E-state index in [2.05, 4.69) is 6.92 Å². The Morgan fingerprint density at radius 1 is 1.40 bits per heavy atom. The Labute approximate surface area is 91.8 Å². The van der Waals surface area contributed by atoms with E-state index in [-0.39, 0.29) is 6.10 Å². The maximum atomic E-state index is 11.0. The Balaban J connectivity index is 2.31. The van der Waals surface area contributed by atoms with E-state index >= 15 is 0 Å². The fraction of sp³-hybridized carbons (Fsp3) is 0.917. The van der Waals surface area contributed by atoms with Gasteiger partial charge in [0.05, 0.1) is 6.10 Å². The molecule has 88 valence electrons. The van der Waals surface area contributed by atoms with E-state index in [1.165, 1.54) is 19.3 Å². The average Bonchev–Trinajstić information content (AvgIpc) is 2.25. The van der Waals surface area contributed by atoms with Crippen LogP contribution in [-0.4, -0.2) is 23.3 Å². The summed E-state index contributed by atoms with van der Waals surface area (Å²) in [6.45, 7) is 2.07. The number of unbranched alkanes of at least 4 members (excludes halogenated alkanes) is 1. The number of hydrogen-bond donors (Lipinski definition) is 1. The second-order valence-corrected chi connectivity index (χ2v) is 4.37. The van der Waals surface area contributed by atoms with Gasteiger partial charge < -0.3 is 9.84 Å². The molecule has 0 aromatic heterocycles. The third-order valence-corrected chi connectivity index (χ3v) is 3.00. The van der Waals surface area contributed by atoms with Crippen molar-refractivity contribution in [3.05, 3.63) is 0 Å². The van der Waals surface area contributed by atoms with Gasteiger partial charge in [-0.25, -0.2) is 4.79 Å². The first-order chi connectivity index (χ1) is 7.24. The summed E-state index contributed by atoms with van der Waals surface area (Å²) >= 11 is 0. The molecule has 1 unspecified atom stereocenters. The average molecular weight is 214 g/mol. The predicted octanol–water partition coefficient (Wildman–Crippen LogP) is 2.98. The smallest absolute Gasteiger partial charge is 0.332 e. The van der Waals surface area contributed by atoms with Crippen LogP contribution in [0.15, 0.2) is 0 Å². The molecule has 1 atom stereocenters. The second-order valence-electron chi connectivity index (χ2n) is 4.37. The van der Waals surface area contributed by atoms with Crippen molar-refractivity contribution in [3.8, 4) is 0 Å². The van der Waals surface area contributed by atoms with Crippen molar-refractivity contribution >= 4 is 5.97 Å². The molecule has 0 aromatic rings. The fourth-order valence-electron chi connectivity index (χ4n) is 2.07. The third-order valence-electron chi connectivity index (χ3n) is 3.00. The number of carbonyl (C=O) groups is 1. The minimum atomic E-state index is -0.797. The maximum absolute atomic E-state index is 11.0. The molecule has 1 aliphatic carbocycles. The number of ether oxygens (including phenoxy) is 1. The van der Waals surface area contributed by atoms with Gasteiger partial charge in [0.25, 0.3) is 0 Å². The van der Waals surface area contributed by atoms with Gasteiger partial charge in [-0.1, -0.05) is 39.0 Å². The van der Waals surface area contributed by atoms with Gasteiger partial charge in [0, 0.05) is 0 Å². The molecular formula is C12H22O3. The van der Waals surface area contributed by atoms with Gasteiger partial charge in [0.1, 0.15) is 0 Å². The van der Waals surface area contributed by atoms with Crippen molar-refractivity contribution in [2.75, 3.05) is 0 Å². The molecule has 1 saturated carbocycles. The first-order valence-electron chi connectivity index (χ1n) is 6.12. The minimum Gasteiger partial charge on any atom is -0.479 e. The third kappa shape index (κ3) is 4.65. The van der Waals surface area contributed by atoms with E-state index in [9.17, 15) is 4.79 Å². The van der Waals surface area contributed by atoms with Crippen molar-refractivity contribution in [1.29, 1.82) is 0 Å². The van der Waals surface area contributed by atoms with Crippen LogP contribution in [0.3, 0.4) is 0 Å². The summed E-state index contributed by atoms with van der Waals surface area (Å²) in [5.41, 5.74) is 0. The molecule has 3 nitrogen and oxygen atoms in total. The highest BCUT2D eigenvalue weighted by molar-refractivity contribution is 5.72. The SMILES string of the molecule is CCCCC(OC1CCCCC1)C(=O)O.